The molecule has 116 valence electrons. The molecule has 0 aliphatic rings. The summed E-state index contributed by atoms with van der Waals surface area (Å²) in [5.74, 6) is -1.45. The summed E-state index contributed by atoms with van der Waals surface area (Å²) in [7, 11) is 0. The second-order valence-electron chi connectivity index (χ2n) is 4.72. The smallest absolute Gasteiger partial charge is 0.291 e. The minimum absolute atomic E-state index is 0.0297. The van der Waals surface area contributed by atoms with E-state index in [1.807, 2.05) is 0 Å². The average molecular weight is 378 g/mol. The second kappa shape index (κ2) is 6.34. The Morgan fingerprint density at radius 2 is 1.78 bits per heavy atom. The van der Waals surface area contributed by atoms with Crippen LogP contribution in [-0.2, 0) is 0 Å². The van der Waals surface area contributed by atoms with Crippen LogP contribution in [0.25, 0.3) is 11.3 Å². The summed E-state index contributed by atoms with van der Waals surface area (Å²) in [4.78, 5) is 12.1. The first-order valence-corrected chi connectivity index (χ1v) is 7.45. The van der Waals surface area contributed by atoms with Crippen molar-refractivity contribution in [2.75, 3.05) is 5.32 Å². The Balaban J connectivity index is 1.83. The third-order valence-electron chi connectivity index (χ3n) is 3.15. The van der Waals surface area contributed by atoms with Crippen molar-refractivity contribution < 1.29 is 18.0 Å². The number of halogens is 3. The highest BCUT2D eigenvalue weighted by molar-refractivity contribution is 9.10. The minimum Gasteiger partial charge on any atom is -0.451 e. The maximum Gasteiger partial charge on any atom is 0.291 e. The van der Waals surface area contributed by atoms with Gasteiger partial charge in [0.05, 0.1) is 11.3 Å². The van der Waals surface area contributed by atoms with Gasteiger partial charge < -0.3 is 9.73 Å². The molecule has 23 heavy (non-hydrogen) atoms. The Morgan fingerprint density at radius 1 is 1.00 bits per heavy atom. The molecule has 1 aromatic heterocycles. The third kappa shape index (κ3) is 3.32. The highest BCUT2D eigenvalue weighted by atomic mass is 79.9. The van der Waals surface area contributed by atoms with Gasteiger partial charge in [0.15, 0.2) is 5.76 Å². The minimum atomic E-state index is -0.617. The summed E-state index contributed by atoms with van der Waals surface area (Å²) >= 11 is 3.14. The molecule has 0 bridgehead atoms. The number of hydrogen-bond acceptors (Lipinski definition) is 2. The molecular weight excluding hydrogens is 368 g/mol. The number of rotatable bonds is 3. The fourth-order valence-electron chi connectivity index (χ4n) is 2.04. The van der Waals surface area contributed by atoms with Crippen molar-refractivity contribution in [2.24, 2.45) is 0 Å². The summed E-state index contributed by atoms with van der Waals surface area (Å²) in [6.07, 6.45) is 0. The van der Waals surface area contributed by atoms with Crippen LogP contribution in [0, 0.1) is 11.6 Å². The zero-order chi connectivity index (χ0) is 16.4. The number of anilines is 1. The molecule has 2 aromatic carbocycles. The monoisotopic (exact) mass is 377 g/mol. The molecule has 1 N–H and O–H groups in total. The van der Waals surface area contributed by atoms with E-state index in [9.17, 15) is 13.6 Å². The van der Waals surface area contributed by atoms with Crippen LogP contribution in [-0.4, -0.2) is 5.91 Å². The van der Waals surface area contributed by atoms with E-state index in [2.05, 4.69) is 21.2 Å². The highest BCUT2D eigenvalue weighted by Gasteiger charge is 2.15. The van der Waals surface area contributed by atoms with E-state index in [1.165, 1.54) is 30.3 Å². The zero-order valence-electron chi connectivity index (χ0n) is 11.6. The molecule has 0 aliphatic carbocycles. The van der Waals surface area contributed by atoms with E-state index in [1.54, 1.807) is 24.3 Å². The van der Waals surface area contributed by atoms with Crippen molar-refractivity contribution in [3.8, 4) is 11.3 Å². The molecule has 1 heterocycles. The SMILES string of the molecule is O=C(Nc1ccc(Br)cc1F)c1ccc(-c2ccccc2F)o1. The Hall–Kier alpha value is -2.47. The van der Waals surface area contributed by atoms with E-state index in [4.69, 9.17) is 4.42 Å². The van der Waals surface area contributed by atoms with Crippen LogP contribution in [0.1, 0.15) is 10.6 Å². The average Bonchev–Trinajstić information content (AvgIpc) is 3.00. The van der Waals surface area contributed by atoms with Crippen molar-refractivity contribution >= 4 is 27.5 Å². The number of benzene rings is 2. The standard InChI is InChI=1S/C17H10BrF2NO2/c18-10-5-6-14(13(20)9-10)21-17(22)16-8-7-15(23-16)11-3-1-2-4-12(11)19/h1-9H,(H,21,22). The molecule has 0 aliphatic heterocycles. The van der Waals surface area contributed by atoms with Crippen LogP contribution in [0.2, 0.25) is 0 Å². The van der Waals surface area contributed by atoms with Gasteiger partial charge >= 0.3 is 0 Å². The summed E-state index contributed by atoms with van der Waals surface area (Å²) in [5, 5.41) is 2.41. The Morgan fingerprint density at radius 3 is 2.52 bits per heavy atom. The first-order chi connectivity index (χ1) is 11.0. The molecule has 0 unspecified atom stereocenters. The second-order valence-corrected chi connectivity index (χ2v) is 5.64. The molecule has 6 heteroatoms. The van der Waals surface area contributed by atoms with Gasteiger partial charge in [-0.3, -0.25) is 4.79 Å². The zero-order valence-corrected chi connectivity index (χ0v) is 13.2. The van der Waals surface area contributed by atoms with Crippen molar-refractivity contribution in [2.45, 2.75) is 0 Å². The lowest BCUT2D eigenvalue weighted by Crippen LogP contribution is -2.12. The summed E-state index contributed by atoms with van der Waals surface area (Å²) in [5.41, 5.74) is 0.281. The fourth-order valence-corrected chi connectivity index (χ4v) is 2.37. The van der Waals surface area contributed by atoms with Gasteiger partial charge in [-0.1, -0.05) is 28.1 Å². The van der Waals surface area contributed by atoms with Crippen molar-refractivity contribution in [3.05, 3.63) is 76.5 Å². The molecule has 3 aromatic rings. The van der Waals surface area contributed by atoms with Crippen LogP contribution >= 0.6 is 15.9 Å². The number of carbonyl (C=O) groups excluding carboxylic acids is 1. The van der Waals surface area contributed by atoms with E-state index in [0.29, 0.717) is 4.47 Å². The third-order valence-corrected chi connectivity index (χ3v) is 3.64. The number of hydrogen-bond donors (Lipinski definition) is 1. The van der Waals surface area contributed by atoms with Crippen molar-refractivity contribution in [3.63, 3.8) is 0 Å². The quantitative estimate of drug-likeness (QED) is 0.677. The molecule has 1 amide bonds. The maximum absolute atomic E-state index is 13.7. The van der Waals surface area contributed by atoms with E-state index in [-0.39, 0.29) is 22.8 Å². The first-order valence-electron chi connectivity index (χ1n) is 6.66. The lowest BCUT2D eigenvalue weighted by molar-refractivity contribution is 0.0997. The Bertz CT molecular complexity index is 877. The Kier molecular flexibility index (Phi) is 4.25. The van der Waals surface area contributed by atoms with Crippen molar-refractivity contribution in [1.82, 2.24) is 0 Å². The lowest BCUT2D eigenvalue weighted by atomic mass is 10.1. The maximum atomic E-state index is 13.7. The van der Waals surface area contributed by atoms with Crippen LogP contribution in [0.3, 0.4) is 0 Å². The van der Waals surface area contributed by atoms with Crippen LogP contribution in [0.4, 0.5) is 14.5 Å². The van der Waals surface area contributed by atoms with Crippen LogP contribution in [0.5, 0.6) is 0 Å². The first kappa shape index (κ1) is 15.4. The van der Waals surface area contributed by atoms with Crippen LogP contribution in [0.15, 0.2) is 63.5 Å². The van der Waals surface area contributed by atoms with Crippen LogP contribution < -0.4 is 5.32 Å². The number of amides is 1. The molecule has 0 fully saturated rings. The number of furan rings is 1. The van der Waals surface area contributed by atoms with Gasteiger partial charge in [-0.15, -0.1) is 0 Å². The predicted octanol–water partition coefficient (Wildman–Crippen LogP) is 5.24. The van der Waals surface area contributed by atoms with E-state index in [0.717, 1.165) is 0 Å². The molecule has 0 spiro atoms. The number of carbonyl (C=O) groups is 1. The van der Waals surface area contributed by atoms with Gasteiger partial charge in [0.2, 0.25) is 0 Å². The summed E-state index contributed by atoms with van der Waals surface area (Å²) in [6.45, 7) is 0. The summed E-state index contributed by atoms with van der Waals surface area (Å²) in [6, 6.07) is 13.2. The normalized spacial score (nSPS) is 10.6. The lowest BCUT2D eigenvalue weighted by Gasteiger charge is -2.05. The molecule has 0 saturated carbocycles. The Labute approximate surface area is 139 Å². The van der Waals surface area contributed by atoms with Crippen molar-refractivity contribution in [1.29, 1.82) is 0 Å². The topological polar surface area (TPSA) is 42.2 Å². The van der Waals surface area contributed by atoms with Gasteiger partial charge in [0.25, 0.3) is 5.91 Å². The van der Waals surface area contributed by atoms with E-state index < -0.39 is 17.5 Å². The summed E-state index contributed by atoms with van der Waals surface area (Å²) < 4.78 is 33.4. The van der Waals surface area contributed by atoms with Gasteiger partial charge in [-0.2, -0.15) is 0 Å². The van der Waals surface area contributed by atoms with Gasteiger partial charge in [-0.05, 0) is 42.5 Å². The highest BCUT2D eigenvalue weighted by Crippen LogP contribution is 2.26. The van der Waals surface area contributed by atoms with E-state index >= 15 is 0 Å². The molecule has 0 saturated heterocycles. The number of nitrogens with one attached hydrogen (secondary N) is 1. The largest absolute Gasteiger partial charge is 0.451 e. The van der Waals surface area contributed by atoms with Gasteiger partial charge in [-0.25, -0.2) is 8.78 Å². The molecular formula is C17H10BrF2NO2. The van der Waals surface area contributed by atoms with Gasteiger partial charge in [0, 0.05) is 4.47 Å². The molecule has 0 atom stereocenters. The molecule has 0 radical (unpaired) electrons. The van der Waals surface area contributed by atoms with Gasteiger partial charge in [0.1, 0.15) is 17.4 Å². The predicted molar refractivity (Wildman–Crippen MR) is 86.2 cm³/mol. The fraction of sp³-hybridized carbons (Fsp3) is 0. The molecule has 3 rings (SSSR count). The molecule has 3 nitrogen and oxygen atoms in total.